The van der Waals surface area contributed by atoms with Gasteiger partial charge in [0.1, 0.15) is 4.90 Å². The molecule has 1 aromatic carbocycles. The van der Waals surface area contributed by atoms with Gasteiger partial charge in [-0.15, -0.1) is 23.4 Å². The fourth-order valence-corrected chi connectivity index (χ4v) is 3.62. The van der Waals surface area contributed by atoms with Gasteiger partial charge in [0.05, 0.1) is 9.82 Å². The number of benzene rings is 1. The highest BCUT2D eigenvalue weighted by atomic mass is 35.5. The van der Waals surface area contributed by atoms with Gasteiger partial charge in [-0.25, -0.2) is 8.42 Å². The van der Waals surface area contributed by atoms with E-state index in [9.17, 15) is 18.5 Å². The summed E-state index contributed by atoms with van der Waals surface area (Å²) in [5.74, 6) is 1.23. The molecule has 0 aromatic heterocycles. The van der Waals surface area contributed by atoms with Crippen molar-refractivity contribution >= 4 is 38.9 Å². The molecule has 1 atom stereocenters. The van der Waals surface area contributed by atoms with Gasteiger partial charge in [0.25, 0.3) is 0 Å². The van der Waals surface area contributed by atoms with Crippen LogP contribution in [0.4, 0.5) is 5.69 Å². The fourth-order valence-electron chi connectivity index (χ4n) is 1.37. The van der Waals surface area contributed by atoms with Gasteiger partial charge < -0.3 is 0 Å². The van der Waals surface area contributed by atoms with Gasteiger partial charge >= 0.3 is 5.69 Å². The second-order valence-electron chi connectivity index (χ2n) is 4.20. The van der Waals surface area contributed by atoms with Crippen molar-refractivity contribution in [2.24, 2.45) is 5.92 Å². The van der Waals surface area contributed by atoms with E-state index in [0.717, 1.165) is 6.26 Å². The number of alkyl halides is 1. The highest BCUT2D eigenvalue weighted by Crippen LogP contribution is 2.35. The van der Waals surface area contributed by atoms with E-state index in [4.69, 9.17) is 11.6 Å². The summed E-state index contributed by atoms with van der Waals surface area (Å²) in [6.07, 6.45) is 0.963. The second-order valence-corrected chi connectivity index (χ2v) is 7.56. The van der Waals surface area contributed by atoms with E-state index in [1.807, 2.05) is 6.92 Å². The molecule has 0 saturated carbocycles. The summed E-state index contributed by atoms with van der Waals surface area (Å²) in [5.41, 5.74) is -0.350. The normalized spacial score (nSPS) is 13.2. The quantitative estimate of drug-likeness (QED) is 0.348. The van der Waals surface area contributed by atoms with Crippen LogP contribution < -0.4 is 0 Å². The Morgan fingerprint density at radius 1 is 1.47 bits per heavy atom. The third-order valence-electron chi connectivity index (χ3n) is 2.33. The van der Waals surface area contributed by atoms with E-state index in [-0.39, 0.29) is 16.5 Å². The molecular weight excluding hydrogens is 310 g/mol. The van der Waals surface area contributed by atoms with Gasteiger partial charge in [0.15, 0.2) is 9.84 Å². The summed E-state index contributed by atoms with van der Waals surface area (Å²) in [6, 6.07) is 4.32. The molecule has 1 aromatic rings. The zero-order chi connectivity index (χ0) is 14.6. The number of nitro benzene ring substituents is 1. The largest absolute Gasteiger partial charge is 0.301 e. The summed E-state index contributed by atoms with van der Waals surface area (Å²) in [6.45, 7) is 1.92. The Kier molecular flexibility index (Phi) is 5.64. The van der Waals surface area contributed by atoms with Crippen LogP contribution in [0.1, 0.15) is 6.92 Å². The summed E-state index contributed by atoms with van der Waals surface area (Å²) in [7, 11) is -3.63. The SMILES string of the molecule is CC(CCl)CSc1cccc(S(C)(=O)=O)c1[N+](=O)[O-]. The molecule has 0 amide bonds. The van der Waals surface area contributed by atoms with Crippen LogP contribution in [-0.2, 0) is 9.84 Å². The number of hydrogen-bond donors (Lipinski definition) is 0. The number of nitro groups is 1. The minimum absolute atomic E-state index is 0.188. The number of sulfone groups is 1. The van der Waals surface area contributed by atoms with E-state index < -0.39 is 14.8 Å². The van der Waals surface area contributed by atoms with Crippen LogP contribution in [0.3, 0.4) is 0 Å². The Morgan fingerprint density at radius 3 is 2.58 bits per heavy atom. The minimum Gasteiger partial charge on any atom is -0.258 e. The lowest BCUT2D eigenvalue weighted by atomic mass is 10.3. The molecule has 0 aliphatic heterocycles. The molecule has 0 N–H and O–H groups in total. The highest BCUT2D eigenvalue weighted by molar-refractivity contribution is 7.99. The van der Waals surface area contributed by atoms with E-state index in [2.05, 4.69) is 0 Å². The van der Waals surface area contributed by atoms with E-state index in [1.54, 1.807) is 6.07 Å². The molecule has 19 heavy (non-hydrogen) atoms. The topological polar surface area (TPSA) is 77.3 Å². The number of hydrogen-bond acceptors (Lipinski definition) is 5. The maximum Gasteiger partial charge on any atom is 0.301 e. The van der Waals surface area contributed by atoms with Crippen molar-refractivity contribution in [2.75, 3.05) is 17.9 Å². The Labute approximate surface area is 121 Å². The first-order chi connectivity index (χ1) is 8.77. The smallest absolute Gasteiger partial charge is 0.258 e. The van der Waals surface area contributed by atoms with Crippen molar-refractivity contribution in [3.8, 4) is 0 Å². The van der Waals surface area contributed by atoms with Crippen LogP contribution in [0, 0.1) is 16.0 Å². The summed E-state index contributed by atoms with van der Waals surface area (Å²) < 4.78 is 23.1. The van der Waals surface area contributed by atoms with Crippen LogP contribution >= 0.6 is 23.4 Å². The van der Waals surface area contributed by atoms with Gasteiger partial charge in [-0.3, -0.25) is 10.1 Å². The molecule has 0 heterocycles. The molecule has 0 aliphatic rings. The van der Waals surface area contributed by atoms with E-state index >= 15 is 0 Å². The summed E-state index contributed by atoms with van der Waals surface area (Å²) in [5, 5.41) is 11.1. The predicted octanol–water partition coefficient (Wildman–Crippen LogP) is 2.97. The molecule has 1 unspecified atom stereocenters. The molecule has 1 rings (SSSR count). The van der Waals surface area contributed by atoms with Gasteiger partial charge in [-0.2, -0.15) is 0 Å². The van der Waals surface area contributed by atoms with Crippen molar-refractivity contribution < 1.29 is 13.3 Å². The van der Waals surface area contributed by atoms with Crippen molar-refractivity contribution in [2.45, 2.75) is 16.7 Å². The van der Waals surface area contributed by atoms with Crippen LogP contribution in [0.15, 0.2) is 28.0 Å². The number of halogens is 1. The summed E-state index contributed by atoms with van der Waals surface area (Å²) >= 11 is 6.93. The molecule has 0 aliphatic carbocycles. The third-order valence-corrected chi connectivity index (χ3v) is 5.36. The average Bonchev–Trinajstić information content (AvgIpc) is 2.34. The molecule has 0 saturated heterocycles. The molecule has 106 valence electrons. The molecule has 0 spiro atoms. The van der Waals surface area contributed by atoms with Crippen molar-refractivity contribution in [3.63, 3.8) is 0 Å². The standard InChI is InChI=1S/C11H14ClNO4S2/c1-8(6-12)7-18-9-4-3-5-10(19(2,16)17)11(9)13(14)15/h3-5,8H,6-7H2,1-2H3. The lowest BCUT2D eigenvalue weighted by Crippen LogP contribution is -2.05. The molecular formula is C11H14ClNO4S2. The maximum atomic E-state index is 11.6. The Bertz CT molecular complexity index is 574. The van der Waals surface area contributed by atoms with E-state index in [0.29, 0.717) is 16.5 Å². The number of rotatable bonds is 6. The number of para-hydroxylation sites is 1. The fraction of sp³-hybridized carbons (Fsp3) is 0.455. The average molecular weight is 324 g/mol. The van der Waals surface area contributed by atoms with Crippen LogP contribution in [0.2, 0.25) is 0 Å². The first-order valence-electron chi connectivity index (χ1n) is 5.43. The maximum absolute atomic E-state index is 11.6. The van der Waals surface area contributed by atoms with Crippen molar-refractivity contribution in [3.05, 3.63) is 28.3 Å². The van der Waals surface area contributed by atoms with Gasteiger partial charge in [0.2, 0.25) is 0 Å². The van der Waals surface area contributed by atoms with Crippen molar-refractivity contribution in [1.82, 2.24) is 0 Å². The molecule has 0 bridgehead atoms. The highest BCUT2D eigenvalue weighted by Gasteiger charge is 2.26. The predicted molar refractivity (Wildman–Crippen MR) is 76.8 cm³/mol. The van der Waals surface area contributed by atoms with Crippen LogP contribution in [0.5, 0.6) is 0 Å². The lowest BCUT2D eigenvalue weighted by molar-refractivity contribution is -0.390. The minimum atomic E-state index is -3.63. The number of nitrogens with zero attached hydrogens (tertiary/aromatic N) is 1. The van der Waals surface area contributed by atoms with Gasteiger partial charge in [-0.1, -0.05) is 13.0 Å². The second kappa shape index (κ2) is 6.58. The zero-order valence-corrected chi connectivity index (χ0v) is 12.9. The Balaban J connectivity index is 3.22. The number of thioether (sulfide) groups is 1. The van der Waals surface area contributed by atoms with Crippen LogP contribution in [-0.4, -0.2) is 31.2 Å². The molecule has 0 fully saturated rings. The zero-order valence-electron chi connectivity index (χ0n) is 10.5. The monoisotopic (exact) mass is 323 g/mol. The Hall–Kier alpha value is -0.790. The van der Waals surface area contributed by atoms with Crippen LogP contribution in [0.25, 0.3) is 0 Å². The molecule has 5 nitrogen and oxygen atoms in total. The van der Waals surface area contributed by atoms with Gasteiger partial charge in [-0.05, 0) is 18.1 Å². The third kappa shape index (κ3) is 4.36. The molecule has 8 heteroatoms. The van der Waals surface area contributed by atoms with E-state index in [1.165, 1.54) is 23.9 Å². The Morgan fingerprint density at radius 2 is 2.11 bits per heavy atom. The lowest BCUT2D eigenvalue weighted by Gasteiger charge is -2.09. The summed E-state index contributed by atoms with van der Waals surface area (Å²) in [4.78, 5) is 10.6. The van der Waals surface area contributed by atoms with Gasteiger partial charge in [0, 0.05) is 17.9 Å². The van der Waals surface area contributed by atoms with Crippen molar-refractivity contribution in [1.29, 1.82) is 0 Å². The molecule has 0 radical (unpaired) electrons. The first-order valence-corrected chi connectivity index (χ1v) is 8.84. The first kappa shape index (κ1) is 16.3.